The summed E-state index contributed by atoms with van der Waals surface area (Å²) in [4.78, 5) is 2.72. The number of nitrogens with one attached hydrogen (secondary N) is 2. The maximum atomic E-state index is 3.55. The van der Waals surface area contributed by atoms with Crippen molar-refractivity contribution in [3.05, 3.63) is 0 Å². The zero-order valence-electron chi connectivity index (χ0n) is 7.42. The Kier molecular flexibility index (Phi) is 1.63. The Labute approximate surface area is 73.5 Å². The van der Waals surface area contributed by atoms with E-state index in [1.54, 1.807) is 0 Å². The maximum Gasteiger partial charge on any atom is 0.0240 e. The van der Waals surface area contributed by atoms with E-state index >= 15 is 0 Å². The lowest BCUT2D eigenvalue weighted by atomic mass is 10.2. The summed E-state index contributed by atoms with van der Waals surface area (Å²) in [5.74, 6) is 0. The molecule has 3 fully saturated rings. The van der Waals surface area contributed by atoms with E-state index in [1.165, 1.54) is 39.0 Å². The van der Waals surface area contributed by atoms with E-state index < -0.39 is 0 Å². The van der Waals surface area contributed by atoms with Crippen LogP contribution in [0.25, 0.3) is 0 Å². The third-order valence-electron chi connectivity index (χ3n) is 3.60. The van der Waals surface area contributed by atoms with Crippen LogP contribution in [-0.4, -0.2) is 49.2 Å². The largest absolute Gasteiger partial charge is 0.315 e. The van der Waals surface area contributed by atoms with Gasteiger partial charge in [-0.2, -0.15) is 0 Å². The van der Waals surface area contributed by atoms with Crippen LogP contribution in [0.4, 0.5) is 0 Å². The molecule has 3 atom stereocenters. The predicted molar refractivity (Wildman–Crippen MR) is 48.2 cm³/mol. The summed E-state index contributed by atoms with van der Waals surface area (Å²) in [5.41, 5.74) is 0. The lowest BCUT2D eigenvalue weighted by molar-refractivity contribution is 0.169. The van der Waals surface area contributed by atoms with E-state index in [0.717, 1.165) is 18.1 Å². The van der Waals surface area contributed by atoms with Gasteiger partial charge in [0.25, 0.3) is 0 Å². The number of hydrogen-bond donors (Lipinski definition) is 2. The molecule has 0 radical (unpaired) electrons. The first-order chi connectivity index (χ1) is 5.93. The molecule has 3 saturated heterocycles. The second-order valence-electron chi connectivity index (χ2n) is 4.34. The molecule has 0 aromatic rings. The van der Waals surface area contributed by atoms with Gasteiger partial charge in [-0.15, -0.1) is 0 Å². The van der Waals surface area contributed by atoms with Gasteiger partial charge in [0.15, 0.2) is 0 Å². The first kappa shape index (κ1) is 7.30. The van der Waals surface area contributed by atoms with Crippen LogP contribution in [0.15, 0.2) is 0 Å². The molecule has 0 aromatic heterocycles. The van der Waals surface area contributed by atoms with E-state index in [4.69, 9.17) is 0 Å². The smallest absolute Gasteiger partial charge is 0.0240 e. The molecule has 0 aliphatic carbocycles. The molecule has 0 spiro atoms. The van der Waals surface area contributed by atoms with Gasteiger partial charge in [-0.1, -0.05) is 0 Å². The van der Waals surface area contributed by atoms with Crippen molar-refractivity contribution in [1.29, 1.82) is 0 Å². The lowest BCUT2D eigenvalue weighted by Gasteiger charge is -2.32. The van der Waals surface area contributed by atoms with Gasteiger partial charge in [-0.05, 0) is 19.4 Å². The highest BCUT2D eigenvalue weighted by molar-refractivity contribution is 5.01. The van der Waals surface area contributed by atoms with E-state index in [0.29, 0.717) is 0 Å². The van der Waals surface area contributed by atoms with Crippen LogP contribution in [0.3, 0.4) is 0 Å². The average Bonchev–Trinajstić information content (AvgIpc) is 2.81. The van der Waals surface area contributed by atoms with Crippen LogP contribution in [-0.2, 0) is 0 Å². The Morgan fingerprint density at radius 1 is 1.17 bits per heavy atom. The summed E-state index contributed by atoms with van der Waals surface area (Å²) in [7, 11) is 0. The van der Waals surface area contributed by atoms with Crippen LogP contribution in [0.2, 0.25) is 0 Å². The van der Waals surface area contributed by atoms with Gasteiger partial charge in [-0.3, -0.25) is 4.90 Å². The van der Waals surface area contributed by atoms with Crippen molar-refractivity contribution in [2.24, 2.45) is 0 Å². The third-order valence-corrected chi connectivity index (χ3v) is 3.60. The minimum atomic E-state index is 0.815. The standard InChI is InChI=1S/C9H17N3/c1-2-10-4-8(1)12-6-7-3-9(12)5-11-7/h7-11H,1-6H2. The molecule has 3 rings (SSSR count). The van der Waals surface area contributed by atoms with Crippen molar-refractivity contribution in [2.75, 3.05) is 26.2 Å². The number of fused-ring (bicyclic) bond motifs is 2. The highest BCUT2D eigenvalue weighted by atomic mass is 15.3. The van der Waals surface area contributed by atoms with Gasteiger partial charge in [-0.25, -0.2) is 0 Å². The average molecular weight is 167 g/mol. The van der Waals surface area contributed by atoms with Crippen molar-refractivity contribution in [3.63, 3.8) is 0 Å². The predicted octanol–water partition coefficient (Wildman–Crippen LogP) is -0.606. The molecule has 3 unspecified atom stereocenters. The minimum Gasteiger partial charge on any atom is -0.315 e. The monoisotopic (exact) mass is 167 g/mol. The normalized spacial score (nSPS) is 47.5. The first-order valence-corrected chi connectivity index (χ1v) is 5.13. The minimum absolute atomic E-state index is 0.815. The van der Waals surface area contributed by atoms with Gasteiger partial charge in [0, 0.05) is 37.8 Å². The molecule has 3 aliphatic heterocycles. The van der Waals surface area contributed by atoms with Gasteiger partial charge in [0.2, 0.25) is 0 Å². The van der Waals surface area contributed by atoms with E-state index in [9.17, 15) is 0 Å². The number of likely N-dealkylation sites (tertiary alicyclic amines) is 1. The Morgan fingerprint density at radius 3 is 2.75 bits per heavy atom. The summed E-state index contributed by atoms with van der Waals surface area (Å²) in [6.07, 6.45) is 2.76. The topological polar surface area (TPSA) is 27.3 Å². The molecule has 2 bridgehead atoms. The third kappa shape index (κ3) is 1.00. The molecule has 3 heteroatoms. The molecule has 12 heavy (non-hydrogen) atoms. The first-order valence-electron chi connectivity index (χ1n) is 5.13. The summed E-state index contributed by atoms with van der Waals surface area (Å²) in [5, 5.41) is 6.99. The zero-order valence-corrected chi connectivity index (χ0v) is 7.42. The van der Waals surface area contributed by atoms with Crippen LogP contribution < -0.4 is 10.6 Å². The van der Waals surface area contributed by atoms with Gasteiger partial charge in [0.1, 0.15) is 0 Å². The summed E-state index contributed by atoms with van der Waals surface area (Å²) in [6, 6.07) is 2.53. The fraction of sp³-hybridized carbons (Fsp3) is 1.00. The van der Waals surface area contributed by atoms with Crippen molar-refractivity contribution in [2.45, 2.75) is 31.0 Å². The van der Waals surface area contributed by atoms with Crippen LogP contribution >= 0.6 is 0 Å². The van der Waals surface area contributed by atoms with E-state index in [2.05, 4.69) is 15.5 Å². The summed E-state index contributed by atoms with van der Waals surface area (Å²) >= 11 is 0. The Hall–Kier alpha value is -0.120. The van der Waals surface area contributed by atoms with Crippen molar-refractivity contribution in [3.8, 4) is 0 Å². The maximum absolute atomic E-state index is 3.55. The highest BCUT2D eigenvalue weighted by Gasteiger charge is 2.41. The molecule has 2 N–H and O–H groups in total. The highest BCUT2D eigenvalue weighted by Crippen LogP contribution is 2.27. The molecule has 0 amide bonds. The fourth-order valence-corrected chi connectivity index (χ4v) is 2.96. The summed E-state index contributed by atoms with van der Waals surface area (Å²) in [6.45, 7) is 4.99. The molecule has 3 nitrogen and oxygen atoms in total. The van der Waals surface area contributed by atoms with E-state index in [-0.39, 0.29) is 0 Å². The van der Waals surface area contributed by atoms with Crippen LogP contribution in [0.1, 0.15) is 12.8 Å². The quantitative estimate of drug-likeness (QED) is 0.546. The SMILES string of the molecule is C1CC(N2CC3CC2CN3)CN1. The lowest BCUT2D eigenvalue weighted by Crippen LogP contribution is -2.49. The molecular formula is C9H17N3. The van der Waals surface area contributed by atoms with Crippen molar-refractivity contribution in [1.82, 2.24) is 15.5 Å². The second kappa shape index (κ2) is 2.69. The van der Waals surface area contributed by atoms with Gasteiger partial charge in [0.05, 0.1) is 0 Å². The molecule has 0 aromatic carbocycles. The Balaban J connectivity index is 1.69. The van der Waals surface area contributed by atoms with Crippen LogP contribution in [0.5, 0.6) is 0 Å². The number of rotatable bonds is 1. The Morgan fingerprint density at radius 2 is 2.17 bits per heavy atom. The van der Waals surface area contributed by atoms with Gasteiger partial charge < -0.3 is 10.6 Å². The molecular weight excluding hydrogens is 150 g/mol. The summed E-state index contributed by atoms with van der Waals surface area (Å²) < 4.78 is 0. The van der Waals surface area contributed by atoms with Crippen LogP contribution in [0, 0.1) is 0 Å². The van der Waals surface area contributed by atoms with Crippen molar-refractivity contribution >= 4 is 0 Å². The van der Waals surface area contributed by atoms with Crippen molar-refractivity contribution < 1.29 is 0 Å². The molecule has 68 valence electrons. The fourth-order valence-electron chi connectivity index (χ4n) is 2.96. The Bertz CT molecular complexity index is 177. The zero-order chi connectivity index (χ0) is 7.97. The molecule has 0 saturated carbocycles. The number of hydrogen-bond acceptors (Lipinski definition) is 3. The number of piperazine rings is 1. The second-order valence-corrected chi connectivity index (χ2v) is 4.34. The van der Waals surface area contributed by atoms with Gasteiger partial charge >= 0.3 is 0 Å². The molecule has 3 heterocycles. The molecule has 3 aliphatic rings. The number of nitrogens with zero attached hydrogens (tertiary/aromatic N) is 1. The van der Waals surface area contributed by atoms with E-state index in [1.807, 2.05) is 0 Å².